The Balaban J connectivity index is 2.11. The molecule has 5 nitrogen and oxygen atoms in total. The van der Waals surface area contributed by atoms with E-state index in [0.29, 0.717) is 12.2 Å². The highest BCUT2D eigenvalue weighted by Gasteiger charge is 2.22. The Morgan fingerprint density at radius 1 is 1.00 bits per heavy atom. The lowest BCUT2D eigenvalue weighted by molar-refractivity contribution is -0.119. The van der Waals surface area contributed by atoms with Crippen LogP contribution in [0, 0.1) is 20.8 Å². The summed E-state index contributed by atoms with van der Waals surface area (Å²) < 4.78 is 25.5. The standard InChI is InChI=1S/C19H24N2O3S/c1-14-5-8-17(9-6-14)12-20-19(22)13-21(25(4,23)24)18-10-7-15(2)11-16(18)3/h5-11H,12-13H2,1-4H3,(H,20,22). The molecule has 0 radical (unpaired) electrons. The van der Waals surface area contributed by atoms with Crippen molar-refractivity contribution in [2.45, 2.75) is 27.3 Å². The number of aryl methyl sites for hydroxylation is 3. The van der Waals surface area contributed by atoms with Crippen LogP contribution in [0.25, 0.3) is 0 Å². The molecule has 0 aromatic heterocycles. The predicted octanol–water partition coefficient (Wildman–Crippen LogP) is 2.69. The maximum Gasteiger partial charge on any atom is 0.241 e. The van der Waals surface area contributed by atoms with Crippen LogP contribution < -0.4 is 9.62 Å². The van der Waals surface area contributed by atoms with Crippen LogP contribution in [0.3, 0.4) is 0 Å². The van der Waals surface area contributed by atoms with E-state index in [1.807, 2.05) is 57.2 Å². The summed E-state index contributed by atoms with van der Waals surface area (Å²) in [5, 5.41) is 2.78. The third-order valence-corrected chi connectivity index (χ3v) is 5.05. The number of nitrogens with one attached hydrogen (secondary N) is 1. The van der Waals surface area contributed by atoms with Crippen molar-refractivity contribution in [1.82, 2.24) is 5.32 Å². The van der Waals surface area contributed by atoms with Crippen molar-refractivity contribution in [3.8, 4) is 0 Å². The molecule has 0 fully saturated rings. The third kappa shape index (κ3) is 5.32. The van der Waals surface area contributed by atoms with Gasteiger partial charge in [-0.1, -0.05) is 47.5 Å². The average molecular weight is 360 g/mol. The van der Waals surface area contributed by atoms with E-state index >= 15 is 0 Å². The number of benzene rings is 2. The number of sulfonamides is 1. The van der Waals surface area contributed by atoms with Gasteiger partial charge in [0.05, 0.1) is 11.9 Å². The zero-order chi connectivity index (χ0) is 18.6. The lowest BCUT2D eigenvalue weighted by atomic mass is 10.1. The normalized spacial score (nSPS) is 11.2. The predicted molar refractivity (Wildman–Crippen MR) is 101 cm³/mol. The highest BCUT2D eigenvalue weighted by molar-refractivity contribution is 7.92. The van der Waals surface area contributed by atoms with Gasteiger partial charge in [0, 0.05) is 6.54 Å². The molecule has 134 valence electrons. The van der Waals surface area contributed by atoms with E-state index in [-0.39, 0.29) is 12.5 Å². The van der Waals surface area contributed by atoms with Crippen molar-refractivity contribution in [2.24, 2.45) is 0 Å². The number of hydrogen-bond donors (Lipinski definition) is 1. The van der Waals surface area contributed by atoms with Gasteiger partial charge in [-0.3, -0.25) is 9.10 Å². The first-order valence-corrected chi connectivity index (χ1v) is 9.89. The van der Waals surface area contributed by atoms with Crippen molar-refractivity contribution in [3.63, 3.8) is 0 Å². The summed E-state index contributed by atoms with van der Waals surface area (Å²) in [6.45, 7) is 5.90. The van der Waals surface area contributed by atoms with Crippen LogP contribution in [0.4, 0.5) is 5.69 Å². The fourth-order valence-corrected chi connectivity index (χ4v) is 3.47. The molecule has 0 saturated carbocycles. The Morgan fingerprint density at radius 2 is 1.60 bits per heavy atom. The quantitative estimate of drug-likeness (QED) is 0.861. The second-order valence-electron chi connectivity index (χ2n) is 6.32. The van der Waals surface area contributed by atoms with Gasteiger partial charge in [-0.25, -0.2) is 8.42 Å². The molecule has 0 atom stereocenters. The monoisotopic (exact) mass is 360 g/mol. The Hall–Kier alpha value is -2.34. The van der Waals surface area contributed by atoms with E-state index in [2.05, 4.69) is 5.32 Å². The van der Waals surface area contributed by atoms with E-state index in [9.17, 15) is 13.2 Å². The maximum atomic E-state index is 12.3. The molecule has 2 rings (SSSR count). The molecule has 0 unspecified atom stereocenters. The number of carbonyl (C=O) groups excluding carboxylic acids is 1. The van der Waals surface area contributed by atoms with Crippen molar-refractivity contribution in [3.05, 3.63) is 64.7 Å². The second-order valence-corrected chi connectivity index (χ2v) is 8.23. The molecular formula is C19H24N2O3S. The zero-order valence-electron chi connectivity index (χ0n) is 15.0. The topological polar surface area (TPSA) is 66.5 Å². The summed E-state index contributed by atoms with van der Waals surface area (Å²) >= 11 is 0. The molecule has 1 amide bonds. The first-order chi connectivity index (χ1) is 11.7. The Labute approximate surface area is 149 Å². The Kier molecular flexibility index (Phi) is 5.85. The SMILES string of the molecule is Cc1ccc(CNC(=O)CN(c2ccc(C)cc2C)S(C)(=O)=O)cc1. The molecule has 1 N–H and O–H groups in total. The Bertz CT molecular complexity index is 859. The van der Waals surface area contributed by atoms with E-state index < -0.39 is 10.0 Å². The van der Waals surface area contributed by atoms with Crippen molar-refractivity contribution >= 4 is 21.6 Å². The molecule has 0 spiro atoms. The molecule has 0 heterocycles. The van der Waals surface area contributed by atoms with E-state index in [0.717, 1.165) is 32.8 Å². The number of rotatable bonds is 6. The van der Waals surface area contributed by atoms with Crippen LogP contribution in [0.1, 0.15) is 22.3 Å². The van der Waals surface area contributed by atoms with Gasteiger partial charge in [0.2, 0.25) is 15.9 Å². The van der Waals surface area contributed by atoms with E-state index in [1.54, 1.807) is 6.07 Å². The fourth-order valence-electron chi connectivity index (χ4n) is 2.56. The minimum atomic E-state index is -3.56. The molecule has 0 aliphatic rings. The maximum absolute atomic E-state index is 12.3. The van der Waals surface area contributed by atoms with Gasteiger partial charge in [-0.15, -0.1) is 0 Å². The summed E-state index contributed by atoms with van der Waals surface area (Å²) in [5.41, 5.74) is 4.50. The molecule has 0 saturated heterocycles. The minimum Gasteiger partial charge on any atom is -0.350 e. The van der Waals surface area contributed by atoms with Crippen LogP contribution in [0.15, 0.2) is 42.5 Å². The summed E-state index contributed by atoms with van der Waals surface area (Å²) in [6, 6.07) is 13.3. The van der Waals surface area contributed by atoms with Crippen LogP contribution in [0.2, 0.25) is 0 Å². The summed E-state index contributed by atoms with van der Waals surface area (Å²) in [6.07, 6.45) is 1.11. The highest BCUT2D eigenvalue weighted by atomic mass is 32.2. The van der Waals surface area contributed by atoms with Crippen LogP contribution in [0.5, 0.6) is 0 Å². The third-order valence-electron chi connectivity index (χ3n) is 3.92. The number of anilines is 1. The average Bonchev–Trinajstić information content (AvgIpc) is 2.52. The number of nitrogens with zero attached hydrogens (tertiary/aromatic N) is 1. The van der Waals surface area contributed by atoms with Crippen LogP contribution in [-0.2, 0) is 21.4 Å². The van der Waals surface area contributed by atoms with Gasteiger partial charge in [0.15, 0.2) is 0 Å². The molecule has 0 aliphatic carbocycles. The van der Waals surface area contributed by atoms with Gasteiger partial charge in [-0.2, -0.15) is 0 Å². The van der Waals surface area contributed by atoms with Gasteiger partial charge in [0.25, 0.3) is 0 Å². The molecule has 6 heteroatoms. The number of carbonyl (C=O) groups is 1. The smallest absolute Gasteiger partial charge is 0.241 e. The lowest BCUT2D eigenvalue weighted by Gasteiger charge is -2.24. The molecule has 25 heavy (non-hydrogen) atoms. The van der Waals surface area contributed by atoms with Crippen molar-refractivity contribution in [1.29, 1.82) is 0 Å². The fraction of sp³-hybridized carbons (Fsp3) is 0.316. The van der Waals surface area contributed by atoms with Crippen LogP contribution >= 0.6 is 0 Å². The summed E-state index contributed by atoms with van der Waals surface area (Å²) in [7, 11) is -3.56. The molecule has 0 aliphatic heterocycles. The van der Waals surface area contributed by atoms with Crippen molar-refractivity contribution < 1.29 is 13.2 Å². The zero-order valence-corrected chi connectivity index (χ0v) is 15.9. The summed E-state index contributed by atoms with van der Waals surface area (Å²) in [4.78, 5) is 12.3. The first-order valence-electron chi connectivity index (χ1n) is 8.04. The largest absolute Gasteiger partial charge is 0.350 e. The second kappa shape index (κ2) is 7.70. The van der Waals surface area contributed by atoms with Crippen LogP contribution in [-0.4, -0.2) is 27.1 Å². The summed E-state index contributed by atoms with van der Waals surface area (Å²) in [5.74, 6) is -0.342. The van der Waals surface area contributed by atoms with E-state index in [4.69, 9.17) is 0 Å². The van der Waals surface area contributed by atoms with Gasteiger partial charge in [0.1, 0.15) is 6.54 Å². The van der Waals surface area contributed by atoms with E-state index in [1.165, 1.54) is 0 Å². The molecule has 0 bridgehead atoms. The highest BCUT2D eigenvalue weighted by Crippen LogP contribution is 2.23. The minimum absolute atomic E-state index is 0.241. The lowest BCUT2D eigenvalue weighted by Crippen LogP contribution is -2.40. The Morgan fingerprint density at radius 3 is 2.16 bits per heavy atom. The molecule has 2 aromatic carbocycles. The van der Waals surface area contributed by atoms with Gasteiger partial charge < -0.3 is 5.32 Å². The first kappa shape index (κ1) is 19.0. The number of hydrogen-bond acceptors (Lipinski definition) is 3. The van der Waals surface area contributed by atoms with Gasteiger partial charge in [-0.05, 0) is 38.0 Å². The number of amides is 1. The van der Waals surface area contributed by atoms with Gasteiger partial charge >= 0.3 is 0 Å². The molecule has 2 aromatic rings. The molecular weight excluding hydrogens is 336 g/mol. The van der Waals surface area contributed by atoms with Crippen molar-refractivity contribution in [2.75, 3.05) is 17.1 Å².